The molecule has 0 spiro atoms. The van der Waals surface area contributed by atoms with E-state index in [0.717, 1.165) is 26.9 Å². The van der Waals surface area contributed by atoms with Gasteiger partial charge in [-0.2, -0.15) is 0 Å². The summed E-state index contributed by atoms with van der Waals surface area (Å²) >= 11 is 8.66. The van der Waals surface area contributed by atoms with Crippen LogP contribution in [-0.4, -0.2) is 5.11 Å². The summed E-state index contributed by atoms with van der Waals surface area (Å²) in [4.78, 5) is 1.28. The van der Waals surface area contributed by atoms with E-state index in [2.05, 4.69) is 43.2 Å². The second-order valence-corrected chi connectivity index (χ2v) is 6.91. The van der Waals surface area contributed by atoms with Gasteiger partial charge in [0.2, 0.25) is 0 Å². The normalized spacial score (nSPS) is 10.7. The zero-order valence-electron chi connectivity index (χ0n) is 8.91. The summed E-state index contributed by atoms with van der Waals surface area (Å²) in [5.41, 5.74) is 1.16. The minimum Gasteiger partial charge on any atom is -0.508 e. The zero-order chi connectivity index (χ0) is 12.3. The second kappa shape index (κ2) is 6.00. The van der Waals surface area contributed by atoms with E-state index in [1.54, 1.807) is 23.5 Å². The number of phenols is 1. The van der Waals surface area contributed by atoms with Gasteiger partial charge in [0.25, 0.3) is 0 Å². The first-order chi connectivity index (χ1) is 8.15. The molecule has 0 amide bonds. The van der Waals surface area contributed by atoms with Crippen molar-refractivity contribution in [3.63, 3.8) is 0 Å². The summed E-state index contributed by atoms with van der Waals surface area (Å²) in [6.07, 6.45) is 0. The molecule has 2 rings (SSSR count). The number of hydrogen-bond acceptors (Lipinski definition) is 3. The van der Waals surface area contributed by atoms with Gasteiger partial charge in [0.1, 0.15) is 5.75 Å². The fourth-order valence-electron chi connectivity index (χ4n) is 1.42. The van der Waals surface area contributed by atoms with Crippen LogP contribution in [-0.2, 0) is 13.1 Å². The largest absolute Gasteiger partial charge is 0.508 e. The highest BCUT2D eigenvalue weighted by Crippen LogP contribution is 2.32. The van der Waals surface area contributed by atoms with Crippen molar-refractivity contribution in [2.24, 2.45) is 0 Å². The molecule has 17 heavy (non-hydrogen) atoms. The summed E-state index contributed by atoms with van der Waals surface area (Å²) in [6, 6.07) is 9.36. The van der Waals surface area contributed by atoms with Crippen molar-refractivity contribution in [1.29, 1.82) is 0 Å². The second-order valence-electron chi connectivity index (χ2n) is 3.60. The van der Waals surface area contributed by atoms with Gasteiger partial charge in [0.05, 0.1) is 3.79 Å². The van der Waals surface area contributed by atoms with Crippen LogP contribution in [0.25, 0.3) is 0 Å². The Balaban J connectivity index is 1.85. The number of benzene rings is 1. The lowest BCUT2D eigenvalue weighted by Crippen LogP contribution is -2.11. The highest BCUT2D eigenvalue weighted by atomic mass is 79.9. The molecule has 0 saturated carbocycles. The molecule has 0 bridgehead atoms. The van der Waals surface area contributed by atoms with Crippen LogP contribution in [0.4, 0.5) is 0 Å². The first-order valence-electron chi connectivity index (χ1n) is 5.07. The van der Waals surface area contributed by atoms with Gasteiger partial charge in [0.15, 0.2) is 0 Å². The number of hydrogen-bond donors (Lipinski definition) is 2. The summed E-state index contributed by atoms with van der Waals surface area (Å²) in [5.74, 6) is 0.305. The van der Waals surface area contributed by atoms with Crippen molar-refractivity contribution >= 4 is 43.2 Å². The molecule has 0 aliphatic heterocycles. The smallest absolute Gasteiger partial charge is 0.115 e. The highest BCUT2D eigenvalue weighted by Gasteiger charge is 2.03. The van der Waals surface area contributed by atoms with Gasteiger partial charge >= 0.3 is 0 Å². The predicted molar refractivity (Wildman–Crippen MR) is 78.4 cm³/mol. The average Bonchev–Trinajstić information content (AvgIpc) is 2.61. The maximum Gasteiger partial charge on any atom is 0.115 e. The molecule has 0 aliphatic carbocycles. The summed E-state index contributed by atoms with van der Waals surface area (Å²) < 4.78 is 2.22. The Kier molecular flexibility index (Phi) is 4.62. The number of phenolic OH excluding ortho intramolecular Hbond substituents is 1. The average molecular weight is 377 g/mol. The van der Waals surface area contributed by atoms with Crippen LogP contribution < -0.4 is 5.32 Å². The van der Waals surface area contributed by atoms with Crippen LogP contribution in [0.3, 0.4) is 0 Å². The number of aromatic hydroxyl groups is 1. The number of thiophene rings is 1. The monoisotopic (exact) mass is 375 g/mol. The number of nitrogens with one attached hydrogen (secondary N) is 1. The van der Waals surface area contributed by atoms with Gasteiger partial charge < -0.3 is 10.4 Å². The van der Waals surface area contributed by atoms with Crippen LogP contribution >= 0.6 is 43.2 Å². The first-order valence-corrected chi connectivity index (χ1v) is 7.48. The summed E-state index contributed by atoms with van der Waals surface area (Å²) in [6.45, 7) is 1.64. The maximum absolute atomic E-state index is 9.16. The van der Waals surface area contributed by atoms with Crippen LogP contribution in [0.15, 0.2) is 38.6 Å². The van der Waals surface area contributed by atoms with Crippen molar-refractivity contribution in [3.05, 3.63) is 49.0 Å². The van der Waals surface area contributed by atoms with Crippen LogP contribution in [0, 0.1) is 0 Å². The van der Waals surface area contributed by atoms with Gasteiger partial charge in [-0.3, -0.25) is 0 Å². The Labute approximate surface area is 121 Å². The molecule has 0 aliphatic rings. The standard InChI is InChI=1S/C12H11Br2NOS/c13-11-5-10(17-12(11)14)7-15-6-8-1-3-9(16)4-2-8/h1-5,15-16H,6-7H2. The fraction of sp³-hybridized carbons (Fsp3) is 0.167. The van der Waals surface area contributed by atoms with E-state index in [9.17, 15) is 0 Å². The van der Waals surface area contributed by atoms with Gasteiger partial charge in [-0.05, 0) is 55.6 Å². The van der Waals surface area contributed by atoms with Crippen molar-refractivity contribution < 1.29 is 5.11 Å². The van der Waals surface area contributed by atoms with E-state index in [1.165, 1.54) is 4.88 Å². The Morgan fingerprint density at radius 1 is 1.12 bits per heavy atom. The zero-order valence-corrected chi connectivity index (χ0v) is 12.9. The van der Waals surface area contributed by atoms with Gasteiger partial charge in [-0.1, -0.05) is 12.1 Å². The Morgan fingerprint density at radius 2 is 1.82 bits per heavy atom. The summed E-state index contributed by atoms with van der Waals surface area (Å²) in [5, 5.41) is 12.5. The van der Waals surface area contributed by atoms with Crippen LogP contribution in [0.2, 0.25) is 0 Å². The molecule has 1 heterocycles. The SMILES string of the molecule is Oc1ccc(CNCc2cc(Br)c(Br)s2)cc1. The van der Waals surface area contributed by atoms with Crippen molar-refractivity contribution in [2.45, 2.75) is 13.1 Å². The Bertz CT molecular complexity index is 476. The van der Waals surface area contributed by atoms with Crippen molar-refractivity contribution in [1.82, 2.24) is 5.32 Å². The van der Waals surface area contributed by atoms with E-state index in [4.69, 9.17) is 5.11 Å². The van der Waals surface area contributed by atoms with E-state index in [-0.39, 0.29) is 0 Å². The molecule has 0 saturated heterocycles. The quantitative estimate of drug-likeness (QED) is 0.835. The molecule has 90 valence electrons. The molecule has 0 atom stereocenters. The molecule has 2 aromatic rings. The fourth-order valence-corrected chi connectivity index (χ4v) is 3.57. The molecule has 1 aromatic heterocycles. The van der Waals surface area contributed by atoms with Crippen LogP contribution in [0.1, 0.15) is 10.4 Å². The molecule has 2 nitrogen and oxygen atoms in total. The number of halogens is 2. The van der Waals surface area contributed by atoms with E-state index in [1.807, 2.05) is 12.1 Å². The third-order valence-electron chi connectivity index (χ3n) is 2.26. The minimum absolute atomic E-state index is 0.305. The molecule has 0 unspecified atom stereocenters. The lowest BCUT2D eigenvalue weighted by atomic mass is 10.2. The first kappa shape index (κ1) is 13.1. The Morgan fingerprint density at radius 3 is 2.41 bits per heavy atom. The third kappa shape index (κ3) is 3.81. The van der Waals surface area contributed by atoms with E-state index < -0.39 is 0 Å². The van der Waals surface area contributed by atoms with Gasteiger partial charge in [-0.15, -0.1) is 11.3 Å². The molecular weight excluding hydrogens is 366 g/mol. The minimum atomic E-state index is 0.305. The lowest BCUT2D eigenvalue weighted by Gasteiger charge is -2.03. The highest BCUT2D eigenvalue weighted by molar-refractivity contribution is 9.13. The predicted octanol–water partition coefficient (Wildman–Crippen LogP) is 4.27. The topological polar surface area (TPSA) is 32.3 Å². The molecule has 0 fully saturated rings. The lowest BCUT2D eigenvalue weighted by molar-refractivity contribution is 0.475. The van der Waals surface area contributed by atoms with Gasteiger partial charge in [0, 0.05) is 22.4 Å². The summed E-state index contributed by atoms with van der Waals surface area (Å²) in [7, 11) is 0. The maximum atomic E-state index is 9.16. The van der Waals surface area contributed by atoms with E-state index >= 15 is 0 Å². The van der Waals surface area contributed by atoms with Crippen molar-refractivity contribution in [2.75, 3.05) is 0 Å². The van der Waals surface area contributed by atoms with Crippen LogP contribution in [0.5, 0.6) is 5.75 Å². The molecule has 1 aromatic carbocycles. The van der Waals surface area contributed by atoms with E-state index in [0.29, 0.717) is 5.75 Å². The number of rotatable bonds is 4. The van der Waals surface area contributed by atoms with Gasteiger partial charge in [-0.25, -0.2) is 0 Å². The Hall–Kier alpha value is -0.360. The molecular formula is C12H11Br2NOS. The molecule has 2 N–H and O–H groups in total. The molecule has 0 radical (unpaired) electrons. The third-order valence-corrected chi connectivity index (χ3v) is 5.52. The van der Waals surface area contributed by atoms with Crippen molar-refractivity contribution in [3.8, 4) is 5.75 Å². The molecule has 5 heteroatoms.